The number of allylic oxidation sites excluding steroid dienone is 2. The summed E-state index contributed by atoms with van der Waals surface area (Å²) in [6.07, 6.45) is 6.76. The zero-order valence-corrected chi connectivity index (χ0v) is 22.4. The number of Topliss-reactive ketones (excluding diaryl/α,β-unsaturated/α-hetero) is 1. The maximum Gasteiger partial charge on any atom is 0.244 e. The number of carbonyl (C=O) groups is 3. The molecule has 38 heavy (non-hydrogen) atoms. The SMILES string of the molecule is CC(CCCCC(=O)CCCCC(C)(/C(O)=C/C(N)=O)c1ccccc1)(/C(O)=C/C(N)=O)c1ccccc1. The van der Waals surface area contributed by atoms with Crippen molar-refractivity contribution in [2.75, 3.05) is 0 Å². The summed E-state index contributed by atoms with van der Waals surface area (Å²) >= 11 is 0. The van der Waals surface area contributed by atoms with Crippen LogP contribution in [0.1, 0.15) is 76.3 Å². The monoisotopic (exact) mass is 520 g/mol. The van der Waals surface area contributed by atoms with Gasteiger partial charge in [0, 0.05) is 35.8 Å². The number of aliphatic hydroxyl groups excluding tert-OH is 2. The maximum atomic E-state index is 12.5. The molecule has 0 aliphatic heterocycles. The van der Waals surface area contributed by atoms with Crippen molar-refractivity contribution < 1.29 is 24.6 Å². The first-order valence-corrected chi connectivity index (χ1v) is 13.0. The third kappa shape index (κ3) is 8.61. The number of aliphatic hydroxyl groups is 2. The molecule has 204 valence electrons. The van der Waals surface area contributed by atoms with Crippen LogP contribution in [-0.4, -0.2) is 27.8 Å². The van der Waals surface area contributed by atoms with E-state index in [1.165, 1.54) is 0 Å². The molecule has 0 aliphatic rings. The van der Waals surface area contributed by atoms with Crippen LogP contribution in [0.4, 0.5) is 0 Å². The Balaban J connectivity index is 1.89. The van der Waals surface area contributed by atoms with Crippen molar-refractivity contribution in [2.24, 2.45) is 11.5 Å². The molecule has 2 aromatic carbocycles. The van der Waals surface area contributed by atoms with Gasteiger partial charge in [0.15, 0.2) is 0 Å². The smallest absolute Gasteiger partial charge is 0.244 e. The lowest BCUT2D eigenvalue weighted by molar-refractivity contribution is -0.119. The van der Waals surface area contributed by atoms with Crippen LogP contribution in [0.3, 0.4) is 0 Å². The van der Waals surface area contributed by atoms with Gasteiger partial charge in [-0.15, -0.1) is 0 Å². The Morgan fingerprint density at radius 2 is 1.00 bits per heavy atom. The van der Waals surface area contributed by atoms with Gasteiger partial charge in [0.2, 0.25) is 11.8 Å². The second-order valence-corrected chi connectivity index (χ2v) is 10.2. The number of ketones is 1. The Kier molecular flexibility index (Phi) is 11.3. The van der Waals surface area contributed by atoms with Crippen LogP contribution in [0.5, 0.6) is 0 Å². The van der Waals surface area contributed by atoms with E-state index in [4.69, 9.17) is 11.5 Å². The van der Waals surface area contributed by atoms with Gasteiger partial charge in [0.1, 0.15) is 17.3 Å². The van der Waals surface area contributed by atoms with Gasteiger partial charge in [-0.05, 0) is 50.7 Å². The van der Waals surface area contributed by atoms with Crippen molar-refractivity contribution in [2.45, 2.75) is 76.0 Å². The molecule has 0 spiro atoms. The van der Waals surface area contributed by atoms with Crippen molar-refractivity contribution >= 4 is 17.6 Å². The minimum Gasteiger partial charge on any atom is -0.511 e. The van der Waals surface area contributed by atoms with Crippen LogP contribution >= 0.6 is 0 Å². The Morgan fingerprint density at radius 3 is 1.32 bits per heavy atom. The van der Waals surface area contributed by atoms with E-state index in [0.29, 0.717) is 51.4 Å². The fourth-order valence-electron chi connectivity index (χ4n) is 4.77. The molecule has 0 aliphatic carbocycles. The third-order valence-electron chi connectivity index (χ3n) is 7.28. The Labute approximate surface area is 225 Å². The van der Waals surface area contributed by atoms with E-state index in [1.807, 2.05) is 74.5 Å². The van der Waals surface area contributed by atoms with Crippen LogP contribution in [0.25, 0.3) is 0 Å². The summed E-state index contributed by atoms with van der Waals surface area (Å²) in [5.41, 5.74) is 10.7. The predicted octanol–water partition coefficient (Wildman–Crippen LogP) is 5.45. The van der Waals surface area contributed by atoms with Crippen molar-refractivity contribution in [3.8, 4) is 0 Å². The number of nitrogens with two attached hydrogens (primary N) is 2. The molecular formula is C31H40N2O5. The van der Waals surface area contributed by atoms with E-state index >= 15 is 0 Å². The minimum absolute atomic E-state index is 0.0855. The molecule has 0 aromatic heterocycles. The number of hydrogen-bond donors (Lipinski definition) is 4. The molecule has 0 bridgehead atoms. The first-order valence-electron chi connectivity index (χ1n) is 13.0. The summed E-state index contributed by atoms with van der Waals surface area (Å²) in [5.74, 6) is -1.43. The number of benzene rings is 2. The predicted molar refractivity (Wildman–Crippen MR) is 149 cm³/mol. The number of hydrogen-bond acceptors (Lipinski definition) is 5. The Hall–Kier alpha value is -3.87. The van der Waals surface area contributed by atoms with Crippen LogP contribution in [0, 0.1) is 0 Å². The van der Waals surface area contributed by atoms with Gasteiger partial charge in [-0.3, -0.25) is 14.4 Å². The van der Waals surface area contributed by atoms with Crippen LogP contribution < -0.4 is 11.5 Å². The van der Waals surface area contributed by atoms with Gasteiger partial charge >= 0.3 is 0 Å². The van der Waals surface area contributed by atoms with Gasteiger partial charge in [-0.2, -0.15) is 0 Å². The Morgan fingerprint density at radius 1 is 0.658 bits per heavy atom. The largest absolute Gasteiger partial charge is 0.511 e. The number of unbranched alkanes of at least 4 members (excludes halogenated alkanes) is 2. The van der Waals surface area contributed by atoms with Crippen LogP contribution in [-0.2, 0) is 25.2 Å². The zero-order chi connectivity index (χ0) is 28.2. The van der Waals surface area contributed by atoms with E-state index in [9.17, 15) is 24.6 Å². The first kappa shape index (κ1) is 30.4. The highest BCUT2D eigenvalue weighted by Crippen LogP contribution is 2.37. The number of primary amides is 2. The Bertz CT molecular complexity index is 1050. The lowest BCUT2D eigenvalue weighted by atomic mass is 9.75. The second kappa shape index (κ2) is 14.2. The van der Waals surface area contributed by atoms with E-state index in [0.717, 1.165) is 23.3 Å². The fraction of sp³-hybridized carbons (Fsp3) is 0.387. The quantitative estimate of drug-likeness (QED) is 0.132. The summed E-state index contributed by atoms with van der Waals surface area (Å²) in [6, 6.07) is 18.9. The molecule has 2 rings (SSSR count). The van der Waals surface area contributed by atoms with E-state index in [2.05, 4.69) is 0 Å². The van der Waals surface area contributed by atoms with E-state index in [-0.39, 0.29) is 17.3 Å². The number of amides is 2. The standard InChI is InChI=1S/C31H40N2O5/c1-30(26(35)21-28(32)37,23-13-5-3-6-14-23)19-11-9-17-25(34)18-10-12-20-31(2,27(36)22-29(33)38)24-15-7-4-8-16-24/h3-8,13-16,21-22,35-36H,9-12,17-20H2,1-2H3,(H2,32,37)(H2,33,38)/b26-21-,27-22-. The summed E-state index contributed by atoms with van der Waals surface area (Å²) < 4.78 is 0. The molecule has 0 saturated heterocycles. The van der Waals surface area contributed by atoms with Gasteiger partial charge < -0.3 is 21.7 Å². The molecule has 0 fully saturated rings. The van der Waals surface area contributed by atoms with Gasteiger partial charge in [0.25, 0.3) is 0 Å². The normalized spacial score (nSPS) is 15.3. The fourth-order valence-corrected chi connectivity index (χ4v) is 4.77. The zero-order valence-electron chi connectivity index (χ0n) is 22.4. The first-order chi connectivity index (χ1) is 18.0. The summed E-state index contributed by atoms with van der Waals surface area (Å²) in [7, 11) is 0. The topological polar surface area (TPSA) is 144 Å². The highest BCUT2D eigenvalue weighted by Gasteiger charge is 2.32. The van der Waals surface area contributed by atoms with Crippen LogP contribution in [0.2, 0.25) is 0 Å². The van der Waals surface area contributed by atoms with Crippen molar-refractivity contribution in [3.63, 3.8) is 0 Å². The molecule has 7 nitrogen and oxygen atoms in total. The maximum absolute atomic E-state index is 12.5. The molecule has 6 N–H and O–H groups in total. The summed E-state index contributed by atoms with van der Waals surface area (Å²) in [6.45, 7) is 3.73. The lowest BCUT2D eigenvalue weighted by Gasteiger charge is -2.30. The lowest BCUT2D eigenvalue weighted by Crippen LogP contribution is -2.26. The van der Waals surface area contributed by atoms with Gasteiger partial charge in [0.05, 0.1) is 0 Å². The van der Waals surface area contributed by atoms with Crippen molar-refractivity contribution in [1.82, 2.24) is 0 Å². The molecule has 0 saturated carbocycles. The van der Waals surface area contributed by atoms with E-state index in [1.54, 1.807) is 0 Å². The summed E-state index contributed by atoms with van der Waals surface area (Å²) in [5, 5.41) is 21.3. The van der Waals surface area contributed by atoms with Crippen molar-refractivity contribution in [1.29, 1.82) is 0 Å². The van der Waals surface area contributed by atoms with Gasteiger partial charge in [-0.1, -0.05) is 73.5 Å². The molecular weight excluding hydrogens is 480 g/mol. The second-order valence-electron chi connectivity index (χ2n) is 10.2. The summed E-state index contributed by atoms with van der Waals surface area (Å²) in [4.78, 5) is 35.3. The minimum atomic E-state index is -0.776. The van der Waals surface area contributed by atoms with Crippen LogP contribution in [0.15, 0.2) is 84.3 Å². The number of rotatable bonds is 16. The average Bonchev–Trinajstić information content (AvgIpc) is 2.89. The average molecular weight is 521 g/mol. The van der Waals surface area contributed by atoms with Gasteiger partial charge in [-0.25, -0.2) is 0 Å². The van der Waals surface area contributed by atoms with E-state index < -0.39 is 22.6 Å². The molecule has 2 atom stereocenters. The highest BCUT2D eigenvalue weighted by atomic mass is 16.3. The highest BCUT2D eigenvalue weighted by molar-refractivity contribution is 5.87. The van der Waals surface area contributed by atoms with Crippen molar-refractivity contribution in [3.05, 3.63) is 95.5 Å². The third-order valence-corrected chi connectivity index (χ3v) is 7.28. The molecule has 2 amide bonds. The molecule has 7 heteroatoms. The molecule has 2 aromatic rings. The molecule has 0 heterocycles. The molecule has 0 radical (unpaired) electrons. The number of carbonyl (C=O) groups excluding carboxylic acids is 3. The molecule has 2 unspecified atom stereocenters.